The molecule has 24 heavy (non-hydrogen) atoms. The van der Waals surface area contributed by atoms with Gasteiger partial charge < -0.3 is 15.1 Å². The van der Waals surface area contributed by atoms with E-state index in [0.29, 0.717) is 24.8 Å². The van der Waals surface area contributed by atoms with Crippen LogP contribution < -0.4 is 10.2 Å². The summed E-state index contributed by atoms with van der Waals surface area (Å²) in [5, 5.41) is 3.44. The highest BCUT2D eigenvalue weighted by Crippen LogP contribution is 2.24. The Morgan fingerprint density at radius 2 is 1.79 bits per heavy atom. The van der Waals surface area contributed by atoms with Gasteiger partial charge in [0.1, 0.15) is 5.69 Å². The van der Waals surface area contributed by atoms with Gasteiger partial charge in [-0.25, -0.2) is 4.98 Å². The van der Waals surface area contributed by atoms with Gasteiger partial charge in [0, 0.05) is 44.6 Å². The second-order valence-electron chi connectivity index (χ2n) is 6.17. The van der Waals surface area contributed by atoms with Crippen LogP contribution in [0.5, 0.6) is 0 Å². The highest BCUT2D eigenvalue weighted by atomic mass is 16.2. The van der Waals surface area contributed by atoms with Crippen LogP contribution in [-0.2, 0) is 0 Å². The van der Waals surface area contributed by atoms with Crippen LogP contribution in [0.2, 0.25) is 0 Å². The van der Waals surface area contributed by atoms with Crippen molar-refractivity contribution in [3.05, 3.63) is 48.4 Å². The normalized spacial score (nSPS) is 14.8. The quantitative estimate of drug-likeness (QED) is 0.934. The topological polar surface area (TPSA) is 61.4 Å². The van der Waals surface area contributed by atoms with E-state index in [4.69, 9.17) is 0 Å². The molecule has 0 unspecified atom stereocenters. The predicted molar refractivity (Wildman–Crippen MR) is 95.3 cm³/mol. The number of anilines is 2. The molecule has 2 aromatic heterocycles. The van der Waals surface area contributed by atoms with E-state index in [1.807, 2.05) is 35.4 Å². The van der Waals surface area contributed by atoms with Gasteiger partial charge in [0.25, 0.3) is 5.91 Å². The molecule has 0 aromatic carbocycles. The fourth-order valence-electron chi connectivity index (χ4n) is 2.85. The van der Waals surface area contributed by atoms with Crippen LogP contribution in [0, 0.1) is 0 Å². The molecule has 1 amide bonds. The molecule has 0 aliphatic carbocycles. The molecule has 6 heteroatoms. The van der Waals surface area contributed by atoms with Gasteiger partial charge in [-0.2, -0.15) is 0 Å². The summed E-state index contributed by atoms with van der Waals surface area (Å²) in [4.78, 5) is 25.2. The van der Waals surface area contributed by atoms with Gasteiger partial charge in [0.15, 0.2) is 5.82 Å². The van der Waals surface area contributed by atoms with Crippen LogP contribution in [-0.4, -0.2) is 53.0 Å². The first-order valence-electron chi connectivity index (χ1n) is 8.32. The summed E-state index contributed by atoms with van der Waals surface area (Å²) in [6.45, 7) is 7.10. The van der Waals surface area contributed by atoms with Crippen molar-refractivity contribution in [3.8, 4) is 0 Å². The Labute approximate surface area is 142 Å². The van der Waals surface area contributed by atoms with E-state index in [9.17, 15) is 4.79 Å². The van der Waals surface area contributed by atoms with Gasteiger partial charge in [-0.15, -0.1) is 0 Å². The van der Waals surface area contributed by atoms with E-state index in [-0.39, 0.29) is 5.91 Å². The van der Waals surface area contributed by atoms with Crippen LogP contribution >= 0.6 is 0 Å². The van der Waals surface area contributed by atoms with Gasteiger partial charge in [-0.3, -0.25) is 9.78 Å². The summed E-state index contributed by atoms with van der Waals surface area (Å²) in [5.74, 6) is 0.952. The second-order valence-corrected chi connectivity index (χ2v) is 6.17. The third kappa shape index (κ3) is 3.64. The third-order valence-electron chi connectivity index (χ3n) is 3.98. The molecule has 0 saturated carbocycles. The zero-order valence-corrected chi connectivity index (χ0v) is 14.1. The van der Waals surface area contributed by atoms with Gasteiger partial charge >= 0.3 is 0 Å². The number of pyridine rings is 2. The van der Waals surface area contributed by atoms with Crippen LogP contribution in [0.15, 0.2) is 42.7 Å². The Kier molecular flexibility index (Phi) is 4.93. The maximum atomic E-state index is 12.5. The molecular weight excluding hydrogens is 302 g/mol. The molecule has 1 N–H and O–H groups in total. The van der Waals surface area contributed by atoms with Crippen LogP contribution in [0.1, 0.15) is 24.3 Å². The summed E-state index contributed by atoms with van der Waals surface area (Å²) < 4.78 is 0. The SMILES string of the molecule is CC(C)Nc1cccnc1N1CCN(C(=O)c2ccccn2)CC1. The molecule has 0 bridgehead atoms. The maximum absolute atomic E-state index is 12.5. The minimum Gasteiger partial charge on any atom is -0.380 e. The summed E-state index contributed by atoms with van der Waals surface area (Å²) in [5.41, 5.74) is 1.54. The first-order chi connectivity index (χ1) is 11.6. The summed E-state index contributed by atoms with van der Waals surface area (Å²) in [6.07, 6.45) is 3.47. The standard InChI is InChI=1S/C18H23N5O/c1-14(2)21-15-7-5-9-20-17(15)22-10-12-23(13-11-22)18(24)16-6-3-4-8-19-16/h3-9,14,21H,10-13H2,1-2H3. The molecule has 1 aliphatic rings. The lowest BCUT2D eigenvalue weighted by molar-refractivity contribution is 0.0740. The first-order valence-corrected chi connectivity index (χ1v) is 8.32. The summed E-state index contributed by atoms with van der Waals surface area (Å²) >= 11 is 0. The number of aromatic nitrogens is 2. The Bertz CT molecular complexity index is 681. The highest BCUT2D eigenvalue weighted by Gasteiger charge is 2.24. The summed E-state index contributed by atoms with van der Waals surface area (Å²) in [7, 11) is 0. The average Bonchev–Trinajstić information content (AvgIpc) is 2.62. The van der Waals surface area contributed by atoms with Crippen molar-refractivity contribution < 1.29 is 4.79 Å². The van der Waals surface area contributed by atoms with E-state index in [1.165, 1.54) is 0 Å². The van der Waals surface area contributed by atoms with Gasteiger partial charge in [0.2, 0.25) is 0 Å². The second kappa shape index (κ2) is 7.29. The molecule has 1 saturated heterocycles. The molecule has 3 heterocycles. The molecule has 126 valence electrons. The van der Waals surface area contributed by atoms with Crippen molar-refractivity contribution in [2.24, 2.45) is 0 Å². The van der Waals surface area contributed by atoms with Crippen molar-refractivity contribution in [1.82, 2.24) is 14.9 Å². The number of piperazine rings is 1. The fraction of sp³-hybridized carbons (Fsp3) is 0.389. The minimum atomic E-state index is -0.00296. The smallest absolute Gasteiger partial charge is 0.272 e. The Morgan fingerprint density at radius 1 is 1.04 bits per heavy atom. The Balaban J connectivity index is 1.66. The van der Waals surface area contributed by atoms with Gasteiger partial charge in [-0.05, 0) is 38.1 Å². The average molecular weight is 325 g/mol. The predicted octanol–water partition coefficient (Wildman–Crippen LogP) is 2.26. The fourth-order valence-corrected chi connectivity index (χ4v) is 2.85. The van der Waals surface area contributed by atoms with Crippen molar-refractivity contribution in [2.45, 2.75) is 19.9 Å². The number of nitrogens with one attached hydrogen (secondary N) is 1. The minimum absolute atomic E-state index is 0.00296. The molecule has 0 atom stereocenters. The van der Waals surface area contributed by atoms with Crippen molar-refractivity contribution >= 4 is 17.4 Å². The van der Waals surface area contributed by atoms with E-state index < -0.39 is 0 Å². The van der Waals surface area contributed by atoms with Crippen molar-refractivity contribution in [2.75, 3.05) is 36.4 Å². The summed E-state index contributed by atoms with van der Waals surface area (Å²) in [6, 6.07) is 9.76. The molecular formula is C18H23N5O. The molecule has 0 radical (unpaired) electrons. The number of rotatable bonds is 4. The number of hydrogen-bond acceptors (Lipinski definition) is 5. The molecule has 1 aliphatic heterocycles. The lowest BCUT2D eigenvalue weighted by atomic mass is 10.2. The number of carbonyl (C=O) groups excluding carboxylic acids is 1. The Morgan fingerprint density at radius 3 is 2.46 bits per heavy atom. The van der Waals surface area contributed by atoms with Gasteiger partial charge in [0.05, 0.1) is 5.69 Å². The highest BCUT2D eigenvalue weighted by molar-refractivity contribution is 5.92. The molecule has 6 nitrogen and oxygen atoms in total. The number of amides is 1. The van der Waals surface area contributed by atoms with Gasteiger partial charge in [-0.1, -0.05) is 6.07 Å². The van der Waals surface area contributed by atoms with E-state index >= 15 is 0 Å². The van der Waals surface area contributed by atoms with E-state index in [2.05, 4.69) is 34.0 Å². The van der Waals surface area contributed by atoms with E-state index in [1.54, 1.807) is 12.3 Å². The number of carbonyl (C=O) groups is 1. The molecule has 2 aromatic rings. The monoisotopic (exact) mass is 325 g/mol. The zero-order chi connectivity index (χ0) is 16.9. The number of nitrogens with zero attached hydrogens (tertiary/aromatic N) is 4. The third-order valence-corrected chi connectivity index (χ3v) is 3.98. The van der Waals surface area contributed by atoms with Crippen LogP contribution in [0.4, 0.5) is 11.5 Å². The number of hydrogen-bond donors (Lipinski definition) is 1. The first kappa shape index (κ1) is 16.2. The largest absolute Gasteiger partial charge is 0.380 e. The lowest BCUT2D eigenvalue weighted by Crippen LogP contribution is -2.49. The van der Waals surface area contributed by atoms with Crippen LogP contribution in [0.25, 0.3) is 0 Å². The molecule has 0 spiro atoms. The molecule has 1 fully saturated rings. The van der Waals surface area contributed by atoms with Crippen molar-refractivity contribution in [1.29, 1.82) is 0 Å². The lowest BCUT2D eigenvalue weighted by Gasteiger charge is -2.36. The van der Waals surface area contributed by atoms with Crippen LogP contribution in [0.3, 0.4) is 0 Å². The van der Waals surface area contributed by atoms with E-state index in [0.717, 1.165) is 24.6 Å². The zero-order valence-electron chi connectivity index (χ0n) is 14.1. The maximum Gasteiger partial charge on any atom is 0.272 e. The molecule has 3 rings (SSSR count). The van der Waals surface area contributed by atoms with Crippen molar-refractivity contribution in [3.63, 3.8) is 0 Å². The Hall–Kier alpha value is -2.63.